The monoisotopic (exact) mass is 389 g/mol. The minimum Gasteiger partial charge on any atom is -0.466 e. The van der Waals surface area contributed by atoms with Gasteiger partial charge in [0.15, 0.2) is 0 Å². The number of aromatic nitrogens is 2. The van der Waals surface area contributed by atoms with Crippen LogP contribution in [-0.2, 0) is 22.4 Å². The van der Waals surface area contributed by atoms with Gasteiger partial charge in [-0.2, -0.15) is 5.26 Å². The van der Waals surface area contributed by atoms with E-state index in [9.17, 15) is 4.79 Å². The van der Waals surface area contributed by atoms with Gasteiger partial charge in [-0.05, 0) is 49.6 Å². The van der Waals surface area contributed by atoms with E-state index in [1.165, 1.54) is 0 Å². The highest BCUT2D eigenvalue weighted by Gasteiger charge is 2.22. The van der Waals surface area contributed by atoms with Crippen molar-refractivity contribution in [2.45, 2.75) is 26.2 Å². The summed E-state index contributed by atoms with van der Waals surface area (Å²) in [5, 5.41) is 16.6. The van der Waals surface area contributed by atoms with Crippen molar-refractivity contribution in [3.05, 3.63) is 65.0 Å². The van der Waals surface area contributed by atoms with Gasteiger partial charge in [0.1, 0.15) is 11.7 Å². The maximum atomic E-state index is 12.5. The van der Waals surface area contributed by atoms with Crippen molar-refractivity contribution < 1.29 is 9.53 Å². The number of benzene rings is 2. The van der Waals surface area contributed by atoms with Gasteiger partial charge in [-0.3, -0.25) is 10.2 Å². The lowest BCUT2D eigenvalue weighted by Gasteiger charge is -2.14. The lowest BCUT2D eigenvalue weighted by Crippen LogP contribution is -2.21. The molecule has 0 amide bonds. The summed E-state index contributed by atoms with van der Waals surface area (Å²) < 4.78 is 5.26. The van der Waals surface area contributed by atoms with Gasteiger partial charge in [-0.15, -0.1) is 0 Å². The average molecular weight is 389 g/mol. The van der Waals surface area contributed by atoms with E-state index >= 15 is 0 Å². The molecule has 3 aromatic rings. The van der Waals surface area contributed by atoms with Crippen molar-refractivity contribution in [2.24, 2.45) is 11.7 Å². The van der Waals surface area contributed by atoms with Crippen LogP contribution >= 0.6 is 0 Å². The van der Waals surface area contributed by atoms with E-state index in [0.29, 0.717) is 42.8 Å². The summed E-state index contributed by atoms with van der Waals surface area (Å²) in [5.41, 5.74) is 9.33. The molecule has 4 N–H and O–H groups in total. The molecule has 0 spiro atoms. The van der Waals surface area contributed by atoms with Crippen LogP contribution in [0.5, 0.6) is 0 Å². The molecular formula is C22H23N5O2. The van der Waals surface area contributed by atoms with Gasteiger partial charge in [-0.1, -0.05) is 18.2 Å². The van der Waals surface area contributed by atoms with Gasteiger partial charge < -0.3 is 15.5 Å². The molecule has 0 aliphatic carbocycles. The molecule has 0 saturated carbocycles. The molecule has 0 saturated heterocycles. The third kappa shape index (κ3) is 4.99. The standard InChI is InChI=1S/C22H23N5O2/c1-2-29-22(28)17(8-6-14-4-3-5-16(10-14)21(24)25)12-20-26-18-9-7-15(13-23)11-19(18)27-20/h3-5,7,9-11,17H,2,6,8,12H2,1H3,(H3,24,25)(H,26,27). The molecule has 29 heavy (non-hydrogen) atoms. The molecule has 7 heteroatoms. The Kier molecular flexibility index (Phi) is 6.25. The smallest absolute Gasteiger partial charge is 0.309 e. The fourth-order valence-electron chi connectivity index (χ4n) is 3.26. The Morgan fingerprint density at radius 2 is 2.17 bits per heavy atom. The summed E-state index contributed by atoms with van der Waals surface area (Å²) in [4.78, 5) is 20.2. The number of nitriles is 1. The number of carbonyl (C=O) groups is 1. The predicted octanol–water partition coefficient (Wildman–Crippen LogP) is 3.07. The van der Waals surface area contributed by atoms with Crippen LogP contribution in [0, 0.1) is 22.7 Å². The highest BCUT2D eigenvalue weighted by atomic mass is 16.5. The Labute approximate surface area is 169 Å². The quantitative estimate of drug-likeness (QED) is 0.310. The maximum absolute atomic E-state index is 12.5. The van der Waals surface area contributed by atoms with Crippen molar-refractivity contribution in [1.29, 1.82) is 10.7 Å². The number of nitrogens with one attached hydrogen (secondary N) is 2. The number of ether oxygens (including phenoxy) is 1. The van der Waals surface area contributed by atoms with Crippen molar-refractivity contribution in [1.82, 2.24) is 9.97 Å². The van der Waals surface area contributed by atoms with Crippen LogP contribution in [-0.4, -0.2) is 28.4 Å². The number of rotatable bonds is 8. The van der Waals surface area contributed by atoms with E-state index in [2.05, 4.69) is 16.0 Å². The first-order valence-electron chi connectivity index (χ1n) is 9.49. The zero-order valence-electron chi connectivity index (χ0n) is 16.2. The second kappa shape index (κ2) is 9.02. The Morgan fingerprint density at radius 1 is 1.34 bits per heavy atom. The predicted molar refractivity (Wildman–Crippen MR) is 110 cm³/mol. The van der Waals surface area contributed by atoms with E-state index in [0.717, 1.165) is 16.6 Å². The van der Waals surface area contributed by atoms with E-state index in [1.807, 2.05) is 18.2 Å². The first kappa shape index (κ1) is 20.1. The molecule has 1 heterocycles. The summed E-state index contributed by atoms with van der Waals surface area (Å²) in [5.74, 6) is 0.0961. The van der Waals surface area contributed by atoms with E-state index in [1.54, 1.807) is 31.2 Å². The van der Waals surface area contributed by atoms with Crippen molar-refractivity contribution in [3.8, 4) is 6.07 Å². The Bertz CT molecular complexity index is 1080. The molecule has 1 atom stereocenters. The molecule has 1 unspecified atom stereocenters. The number of nitrogens with two attached hydrogens (primary N) is 1. The minimum atomic E-state index is -0.355. The largest absolute Gasteiger partial charge is 0.466 e. The van der Waals surface area contributed by atoms with Gasteiger partial charge in [-0.25, -0.2) is 4.98 Å². The number of nitrogens with zero attached hydrogens (tertiary/aromatic N) is 2. The van der Waals surface area contributed by atoms with E-state index in [4.69, 9.17) is 21.1 Å². The van der Waals surface area contributed by atoms with Crippen LogP contribution in [0.15, 0.2) is 42.5 Å². The van der Waals surface area contributed by atoms with Crippen LogP contribution in [0.25, 0.3) is 11.0 Å². The molecule has 148 valence electrons. The average Bonchev–Trinajstić information content (AvgIpc) is 3.12. The molecule has 0 aliphatic rings. The maximum Gasteiger partial charge on any atom is 0.309 e. The molecule has 7 nitrogen and oxygen atoms in total. The number of carbonyl (C=O) groups excluding carboxylic acids is 1. The first-order valence-corrected chi connectivity index (χ1v) is 9.49. The summed E-state index contributed by atoms with van der Waals surface area (Å²) >= 11 is 0. The van der Waals surface area contributed by atoms with Crippen molar-refractivity contribution >= 4 is 22.8 Å². The lowest BCUT2D eigenvalue weighted by atomic mass is 9.95. The Morgan fingerprint density at radius 3 is 2.90 bits per heavy atom. The second-order valence-corrected chi connectivity index (χ2v) is 6.83. The van der Waals surface area contributed by atoms with Crippen molar-refractivity contribution in [3.63, 3.8) is 0 Å². The van der Waals surface area contributed by atoms with E-state index in [-0.39, 0.29) is 17.7 Å². The Balaban J connectivity index is 1.77. The topological polar surface area (TPSA) is 129 Å². The zero-order chi connectivity index (χ0) is 20.8. The molecule has 0 fully saturated rings. The summed E-state index contributed by atoms with van der Waals surface area (Å²) in [6, 6.07) is 14.8. The number of nitrogen functional groups attached to an aromatic ring is 1. The molecule has 0 radical (unpaired) electrons. The number of hydrogen-bond donors (Lipinski definition) is 3. The molecule has 1 aromatic heterocycles. The van der Waals surface area contributed by atoms with E-state index < -0.39 is 0 Å². The first-order chi connectivity index (χ1) is 14.0. The third-order valence-corrected chi connectivity index (χ3v) is 4.74. The van der Waals surface area contributed by atoms with Gasteiger partial charge in [0.05, 0.1) is 35.2 Å². The molecule has 0 bridgehead atoms. The fraction of sp³-hybridized carbons (Fsp3) is 0.273. The Hall–Kier alpha value is -3.66. The zero-order valence-corrected chi connectivity index (χ0v) is 16.2. The van der Waals surface area contributed by atoms with Crippen LogP contribution in [0.3, 0.4) is 0 Å². The van der Waals surface area contributed by atoms with Gasteiger partial charge in [0.2, 0.25) is 0 Å². The van der Waals surface area contributed by atoms with Crippen LogP contribution in [0.4, 0.5) is 0 Å². The molecular weight excluding hydrogens is 366 g/mol. The number of H-pyrrole nitrogens is 1. The summed E-state index contributed by atoms with van der Waals surface area (Å²) in [7, 11) is 0. The normalized spacial score (nSPS) is 11.7. The van der Waals surface area contributed by atoms with Crippen LogP contribution < -0.4 is 5.73 Å². The molecule has 2 aromatic carbocycles. The second-order valence-electron chi connectivity index (χ2n) is 6.83. The minimum absolute atomic E-state index is 0.0211. The number of aromatic amines is 1. The number of aryl methyl sites for hydroxylation is 1. The fourth-order valence-corrected chi connectivity index (χ4v) is 3.26. The van der Waals surface area contributed by atoms with Gasteiger partial charge >= 0.3 is 5.97 Å². The van der Waals surface area contributed by atoms with Gasteiger partial charge in [0, 0.05) is 12.0 Å². The molecule has 3 rings (SSSR count). The number of imidazole rings is 1. The van der Waals surface area contributed by atoms with Crippen LogP contribution in [0.2, 0.25) is 0 Å². The van der Waals surface area contributed by atoms with Crippen LogP contribution in [0.1, 0.15) is 35.9 Å². The molecule has 0 aliphatic heterocycles. The van der Waals surface area contributed by atoms with Crippen molar-refractivity contribution in [2.75, 3.05) is 6.61 Å². The number of hydrogen-bond acceptors (Lipinski definition) is 5. The number of esters is 1. The number of fused-ring (bicyclic) bond motifs is 1. The lowest BCUT2D eigenvalue weighted by molar-refractivity contribution is -0.148. The SMILES string of the molecule is CCOC(=O)C(CCc1cccc(C(=N)N)c1)Cc1nc2ccc(C#N)cc2[nH]1. The highest BCUT2D eigenvalue weighted by molar-refractivity contribution is 5.95. The van der Waals surface area contributed by atoms with Gasteiger partial charge in [0.25, 0.3) is 0 Å². The highest BCUT2D eigenvalue weighted by Crippen LogP contribution is 2.20. The number of amidine groups is 1. The third-order valence-electron chi connectivity index (χ3n) is 4.74. The summed E-state index contributed by atoms with van der Waals surface area (Å²) in [6.07, 6.45) is 1.66. The summed E-state index contributed by atoms with van der Waals surface area (Å²) in [6.45, 7) is 2.11.